The van der Waals surface area contributed by atoms with E-state index in [4.69, 9.17) is 0 Å². The predicted octanol–water partition coefficient (Wildman–Crippen LogP) is 3.61. The van der Waals surface area contributed by atoms with Gasteiger partial charge in [-0.3, -0.25) is 9.59 Å². The molecule has 1 heterocycles. The Morgan fingerprint density at radius 3 is 2.44 bits per heavy atom. The third-order valence-electron chi connectivity index (χ3n) is 5.12. The van der Waals surface area contributed by atoms with Crippen LogP contribution in [0, 0.1) is 17.3 Å². The van der Waals surface area contributed by atoms with E-state index < -0.39 is 0 Å². The van der Waals surface area contributed by atoms with Gasteiger partial charge in [0.05, 0.1) is 0 Å². The van der Waals surface area contributed by atoms with Gasteiger partial charge in [0.2, 0.25) is 11.8 Å². The number of likely N-dealkylation sites (tertiary alicyclic amines) is 1. The molecule has 1 fully saturated rings. The van der Waals surface area contributed by atoms with Crippen molar-refractivity contribution >= 4 is 11.8 Å². The molecule has 1 N–H and O–H groups in total. The van der Waals surface area contributed by atoms with Gasteiger partial charge < -0.3 is 10.2 Å². The number of rotatable bonds is 5. The van der Waals surface area contributed by atoms with Gasteiger partial charge in [0.1, 0.15) is 0 Å². The molecule has 0 aliphatic carbocycles. The highest BCUT2D eigenvalue weighted by Crippen LogP contribution is 2.31. The van der Waals surface area contributed by atoms with E-state index in [2.05, 4.69) is 12.2 Å². The molecule has 1 aliphatic heterocycles. The van der Waals surface area contributed by atoms with Crippen LogP contribution in [0.25, 0.3) is 0 Å². The third-order valence-corrected chi connectivity index (χ3v) is 5.12. The Kier molecular flexibility index (Phi) is 6.63. The fourth-order valence-corrected chi connectivity index (χ4v) is 3.58. The molecule has 0 bridgehead atoms. The average Bonchev–Trinajstić information content (AvgIpc) is 2.59. The van der Waals surface area contributed by atoms with E-state index in [1.165, 1.54) is 0 Å². The molecule has 0 unspecified atom stereocenters. The van der Waals surface area contributed by atoms with Crippen molar-refractivity contribution in [2.75, 3.05) is 13.1 Å². The van der Waals surface area contributed by atoms with E-state index in [0.717, 1.165) is 31.5 Å². The summed E-state index contributed by atoms with van der Waals surface area (Å²) < 4.78 is 0. The molecule has 0 spiro atoms. The van der Waals surface area contributed by atoms with Crippen molar-refractivity contribution in [1.29, 1.82) is 0 Å². The number of hydrogen-bond acceptors (Lipinski definition) is 2. The Hall–Kier alpha value is -1.84. The zero-order valence-electron chi connectivity index (χ0n) is 16.0. The number of nitrogens with zero attached hydrogens (tertiary/aromatic N) is 1. The fourth-order valence-electron chi connectivity index (χ4n) is 3.58. The Bertz CT molecular complexity index is 577. The van der Waals surface area contributed by atoms with Crippen molar-refractivity contribution in [3.63, 3.8) is 0 Å². The quantitative estimate of drug-likeness (QED) is 0.887. The summed E-state index contributed by atoms with van der Waals surface area (Å²) in [5.41, 5.74) is 0.784. The van der Waals surface area contributed by atoms with Crippen LogP contribution >= 0.6 is 0 Å². The summed E-state index contributed by atoms with van der Waals surface area (Å²) in [4.78, 5) is 26.8. The molecule has 25 heavy (non-hydrogen) atoms. The summed E-state index contributed by atoms with van der Waals surface area (Å²) in [6, 6.07) is 9.98. The maximum absolute atomic E-state index is 12.5. The maximum atomic E-state index is 12.5. The summed E-state index contributed by atoms with van der Waals surface area (Å²) in [7, 11) is 0. The van der Waals surface area contributed by atoms with Gasteiger partial charge in [-0.1, -0.05) is 64.4 Å². The minimum Gasteiger partial charge on any atom is -0.352 e. The van der Waals surface area contributed by atoms with Crippen molar-refractivity contribution in [2.24, 2.45) is 17.3 Å². The molecule has 1 saturated heterocycles. The number of benzene rings is 1. The van der Waals surface area contributed by atoms with Crippen LogP contribution in [-0.2, 0) is 16.1 Å². The number of carbonyl (C=O) groups excluding carboxylic acids is 2. The van der Waals surface area contributed by atoms with Crippen molar-refractivity contribution in [1.82, 2.24) is 10.2 Å². The third kappa shape index (κ3) is 5.58. The summed E-state index contributed by atoms with van der Waals surface area (Å²) in [6.45, 7) is 10.2. The molecule has 138 valence electrons. The zero-order chi connectivity index (χ0) is 18.4. The molecule has 2 atom stereocenters. The van der Waals surface area contributed by atoms with Gasteiger partial charge in [-0.15, -0.1) is 0 Å². The Morgan fingerprint density at radius 1 is 1.16 bits per heavy atom. The van der Waals surface area contributed by atoms with E-state index in [-0.39, 0.29) is 17.2 Å². The van der Waals surface area contributed by atoms with Gasteiger partial charge in [0.15, 0.2) is 0 Å². The Morgan fingerprint density at radius 2 is 1.84 bits per heavy atom. The number of hydrogen-bond donors (Lipinski definition) is 1. The molecule has 2 amide bonds. The van der Waals surface area contributed by atoms with E-state index in [1.807, 2.05) is 56.0 Å². The van der Waals surface area contributed by atoms with Gasteiger partial charge in [-0.05, 0) is 23.8 Å². The molecule has 1 aromatic rings. The van der Waals surface area contributed by atoms with Crippen LogP contribution in [-0.4, -0.2) is 29.8 Å². The van der Waals surface area contributed by atoms with Gasteiger partial charge >= 0.3 is 0 Å². The van der Waals surface area contributed by atoms with Gasteiger partial charge in [0, 0.05) is 31.5 Å². The lowest BCUT2D eigenvalue weighted by molar-refractivity contribution is -0.142. The second kappa shape index (κ2) is 8.50. The highest BCUT2D eigenvalue weighted by atomic mass is 16.2. The van der Waals surface area contributed by atoms with Crippen LogP contribution in [0.2, 0.25) is 0 Å². The zero-order valence-corrected chi connectivity index (χ0v) is 16.0. The Balaban J connectivity index is 1.86. The first kappa shape index (κ1) is 19.5. The lowest BCUT2D eigenvalue weighted by atomic mass is 9.80. The number of carbonyl (C=O) groups is 2. The molecule has 0 radical (unpaired) electrons. The first-order chi connectivity index (χ1) is 11.8. The first-order valence-corrected chi connectivity index (χ1v) is 9.41. The van der Waals surface area contributed by atoms with E-state index >= 15 is 0 Å². The van der Waals surface area contributed by atoms with Crippen molar-refractivity contribution in [3.8, 4) is 0 Å². The monoisotopic (exact) mass is 344 g/mol. The molecular formula is C21H32N2O2. The van der Waals surface area contributed by atoms with Crippen LogP contribution in [0.5, 0.6) is 0 Å². The second-order valence-corrected chi connectivity index (χ2v) is 8.18. The molecule has 1 aliphatic rings. The minimum atomic E-state index is -0.335. The van der Waals surface area contributed by atoms with Crippen LogP contribution in [0.4, 0.5) is 0 Å². The molecule has 0 aromatic heterocycles. The minimum absolute atomic E-state index is 0.114. The van der Waals surface area contributed by atoms with Crippen LogP contribution in [0.1, 0.15) is 52.5 Å². The van der Waals surface area contributed by atoms with Crippen molar-refractivity contribution < 1.29 is 9.59 Å². The first-order valence-electron chi connectivity index (χ1n) is 9.41. The van der Waals surface area contributed by atoms with Gasteiger partial charge in [-0.25, -0.2) is 0 Å². The normalized spacial score (nSPS) is 21.0. The maximum Gasteiger partial charge on any atom is 0.227 e. The summed E-state index contributed by atoms with van der Waals surface area (Å²) in [6.07, 6.45) is 2.48. The molecule has 0 saturated carbocycles. The largest absolute Gasteiger partial charge is 0.352 e. The van der Waals surface area contributed by atoms with Crippen molar-refractivity contribution in [2.45, 2.75) is 53.5 Å². The van der Waals surface area contributed by atoms with Crippen LogP contribution in [0.15, 0.2) is 30.3 Å². The smallest absolute Gasteiger partial charge is 0.227 e. The lowest BCUT2D eigenvalue weighted by Gasteiger charge is -2.40. The molecule has 4 nitrogen and oxygen atoms in total. The lowest BCUT2D eigenvalue weighted by Crippen LogP contribution is -2.48. The summed E-state index contributed by atoms with van der Waals surface area (Å²) >= 11 is 0. The highest BCUT2D eigenvalue weighted by Gasteiger charge is 2.35. The van der Waals surface area contributed by atoms with E-state index in [9.17, 15) is 9.59 Å². The molecule has 1 aromatic carbocycles. The fraction of sp³-hybridized carbons (Fsp3) is 0.619. The topological polar surface area (TPSA) is 49.4 Å². The standard InChI is InChI=1S/C21H32N2O2/c1-5-17-15-23(20(25)21(2,3)4)12-11-18(17)13-19(24)22-14-16-9-7-6-8-10-16/h6-10,17-18H,5,11-15H2,1-4H3,(H,22,24)/t17-,18-/m0/s1. The Labute approximate surface area is 152 Å². The van der Waals surface area contributed by atoms with E-state index in [0.29, 0.717) is 24.8 Å². The molecule has 4 heteroatoms. The average molecular weight is 344 g/mol. The summed E-state index contributed by atoms with van der Waals surface area (Å²) in [5.74, 6) is 1.10. The SMILES string of the molecule is CC[C@H]1CN(C(=O)C(C)(C)C)CC[C@H]1CC(=O)NCc1ccccc1. The van der Waals surface area contributed by atoms with Crippen LogP contribution < -0.4 is 5.32 Å². The number of nitrogens with one attached hydrogen (secondary N) is 1. The number of piperidine rings is 1. The highest BCUT2D eigenvalue weighted by molar-refractivity contribution is 5.81. The second-order valence-electron chi connectivity index (χ2n) is 8.18. The summed E-state index contributed by atoms with van der Waals surface area (Å²) in [5, 5.41) is 3.03. The molecule has 2 rings (SSSR count). The van der Waals surface area contributed by atoms with Crippen LogP contribution in [0.3, 0.4) is 0 Å². The van der Waals surface area contributed by atoms with E-state index in [1.54, 1.807) is 0 Å². The number of amides is 2. The molecular weight excluding hydrogens is 312 g/mol. The van der Waals surface area contributed by atoms with Gasteiger partial charge in [0.25, 0.3) is 0 Å². The van der Waals surface area contributed by atoms with Crippen molar-refractivity contribution in [3.05, 3.63) is 35.9 Å². The van der Waals surface area contributed by atoms with Gasteiger partial charge in [-0.2, -0.15) is 0 Å². The predicted molar refractivity (Wildman–Crippen MR) is 101 cm³/mol.